The molecule has 126 valence electrons. The molecule has 7 heteroatoms. The fourth-order valence-electron chi connectivity index (χ4n) is 2.35. The summed E-state index contributed by atoms with van der Waals surface area (Å²) in [5, 5.41) is 11.7. The molecule has 1 aromatic rings. The molecule has 7 nitrogen and oxygen atoms in total. The van der Waals surface area contributed by atoms with Crippen molar-refractivity contribution < 1.29 is 19.4 Å². The number of benzene rings is 1. The number of rotatable bonds is 7. The molecule has 0 saturated carbocycles. The van der Waals surface area contributed by atoms with Crippen molar-refractivity contribution in [2.75, 3.05) is 37.7 Å². The van der Waals surface area contributed by atoms with Crippen LogP contribution in [0.4, 0.5) is 10.5 Å². The maximum Gasteiger partial charge on any atom is 0.325 e. The van der Waals surface area contributed by atoms with E-state index in [1.807, 2.05) is 31.2 Å². The van der Waals surface area contributed by atoms with Crippen molar-refractivity contribution in [2.24, 2.45) is 0 Å². The normalized spacial score (nSPS) is 15.7. The third kappa shape index (κ3) is 4.59. The van der Waals surface area contributed by atoms with Gasteiger partial charge in [0, 0.05) is 25.3 Å². The van der Waals surface area contributed by atoms with Crippen LogP contribution in [0.15, 0.2) is 24.3 Å². The van der Waals surface area contributed by atoms with E-state index in [0.29, 0.717) is 19.7 Å². The van der Waals surface area contributed by atoms with E-state index in [1.54, 1.807) is 11.8 Å². The van der Waals surface area contributed by atoms with Crippen LogP contribution in [-0.4, -0.2) is 60.8 Å². The van der Waals surface area contributed by atoms with Gasteiger partial charge in [-0.3, -0.25) is 9.69 Å². The quantitative estimate of drug-likeness (QED) is 0.779. The molecule has 2 rings (SSSR count). The second-order valence-corrected chi connectivity index (χ2v) is 5.44. The minimum Gasteiger partial charge on any atom is -0.494 e. The van der Waals surface area contributed by atoms with E-state index in [1.165, 1.54) is 4.90 Å². The van der Waals surface area contributed by atoms with E-state index in [4.69, 9.17) is 9.84 Å². The molecule has 1 fully saturated rings. The summed E-state index contributed by atoms with van der Waals surface area (Å²) in [6, 6.07) is 7.12. The number of nitrogens with one attached hydrogen (secondary N) is 1. The summed E-state index contributed by atoms with van der Waals surface area (Å²) in [6.45, 7) is 5.32. The molecule has 1 aromatic carbocycles. The predicted octanol–water partition coefficient (Wildman–Crippen LogP) is 0.824. The third-order valence-electron chi connectivity index (χ3n) is 3.48. The minimum atomic E-state index is -0.603. The van der Waals surface area contributed by atoms with Gasteiger partial charge in [0.25, 0.3) is 0 Å². The molecule has 1 unspecified atom stereocenters. The number of hydrogen-bond donors (Lipinski definition) is 2. The highest BCUT2D eigenvalue weighted by atomic mass is 16.5. The van der Waals surface area contributed by atoms with E-state index in [9.17, 15) is 9.59 Å². The van der Waals surface area contributed by atoms with Gasteiger partial charge in [0.05, 0.1) is 12.7 Å². The fraction of sp³-hybridized carbons (Fsp3) is 0.500. The average Bonchev–Trinajstić information content (AvgIpc) is 2.87. The summed E-state index contributed by atoms with van der Waals surface area (Å²) in [6.07, 6.45) is -0.603. The number of anilines is 1. The largest absolute Gasteiger partial charge is 0.494 e. The van der Waals surface area contributed by atoms with Crippen LogP contribution in [0.1, 0.15) is 13.8 Å². The highest BCUT2D eigenvalue weighted by molar-refractivity contribution is 5.96. The first-order chi connectivity index (χ1) is 11.0. The molecule has 1 saturated heterocycles. The molecule has 3 amide bonds. The van der Waals surface area contributed by atoms with Crippen molar-refractivity contribution in [2.45, 2.75) is 20.0 Å². The Kier molecular flexibility index (Phi) is 5.81. The van der Waals surface area contributed by atoms with Crippen molar-refractivity contribution in [3.05, 3.63) is 24.3 Å². The van der Waals surface area contributed by atoms with Crippen LogP contribution in [0.2, 0.25) is 0 Å². The van der Waals surface area contributed by atoms with Gasteiger partial charge >= 0.3 is 6.03 Å². The average molecular weight is 321 g/mol. The Hall–Kier alpha value is -2.28. The number of carbonyl (C=O) groups is 2. The lowest BCUT2D eigenvalue weighted by atomic mass is 10.3. The number of ether oxygens (including phenoxy) is 1. The van der Waals surface area contributed by atoms with E-state index >= 15 is 0 Å². The smallest absolute Gasteiger partial charge is 0.325 e. The lowest BCUT2D eigenvalue weighted by Gasteiger charge is -2.19. The second kappa shape index (κ2) is 7.82. The van der Waals surface area contributed by atoms with E-state index in [0.717, 1.165) is 11.4 Å². The molecule has 1 atom stereocenters. The van der Waals surface area contributed by atoms with Crippen molar-refractivity contribution in [3.8, 4) is 5.75 Å². The van der Waals surface area contributed by atoms with E-state index < -0.39 is 6.10 Å². The Morgan fingerprint density at radius 1 is 1.35 bits per heavy atom. The standard InChI is InChI=1S/C16H23N3O4/c1-3-23-14-6-4-13(5-7-14)19-9-8-18(16(19)22)11-15(21)17-10-12(2)20/h4-7,12,20H,3,8-11H2,1-2H3,(H,17,21). The molecule has 1 aliphatic rings. The molecule has 1 heterocycles. The summed E-state index contributed by atoms with van der Waals surface area (Å²) >= 11 is 0. The Balaban J connectivity index is 1.91. The molecule has 0 aliphatic carbocycles. The van der Waals surface area contributed by atoms with Gasteiger partial charge in [-0.2, -0.15) is 0 Å². The van der Waals surface area contributed by atoms with Gasteiger partial charge in [0.1, 0.15) is 12.3 Å². The summed E-state index contributed by atoms with van der Waals surface area (Å²) in [5.74, 6) is 0.491. The van der Waals surface area contributed by atoms with Crippen LogP contribution in [0, 0.1) is 0 Å². The van der Waals surface area contributed by atoms with Gasteiger partial charge in [-0.15, -0.1) is 0 Å². The Morgan fingerprint density at radius 3 is 2.65 bits per heavy atom. The SMILES string of the molecule is CCOc1ccc(N2CCN(CC(=O)NCC(C)O)C2=O)cc1. The molecule has 2 N–H and O–H groups in total. The molecule has 23 heavy (non-hydrogen) atoms. The zero-order valence-corrected chi connectivity index (χ0v) is 13.5. The van der Waals surface area contributed by atoms with Crippen LogP contribution in [0.25, 0.3) is 0 Å². The lowest BCUT2D eigenvalue weighted by molar-refractivity contribution is -0.121. The number of hydrogen-bond acceptors (Lipinski definition) is 4. The van der Waals surface area contributed by atoms with Crippen molar-refractivity contribution in [1.29, 1.82) is 0 Å². The van der Waals surface area contributed by atoms with Crippen molar-refractivity contribution >= 4 is 17.6 Å². The molecule has 0 radical (unpaired) electrons. The Labute approximate surface area is 135 Å². The van der Waals surface area contributed by atoms with Crippen molar-refractivity contribution in [3.63, 3.8) is 0 Å². The Morgan fingerprint density at radius 2 is 2.04 bits per heavy atom. The summed E-state index contributed by atoms with van der Waals surface area (Å²) in [7, 11) is 0. The van der Waals surface area contributed by atoms with Crippen LogP contribution >= 0.6 is 0 Å². The Bertz CT molecular complexity index is 545. The van der Waals surface area contributed by atoms with Crippen LogP contribution < -0.4 is 15.0 Å². The number of carbonyl (C=O) groups excluding carboxylic acids is 2. The topological polar surface area (TPSA) is 82.1 Å². The first kappa shape index (κ1) is 17.1. The van der Waals surface area contributed by atoms with Crippen LogP contribution in [-0.2, 0) is 4.79 Å². The molecule has 0 bridgehead atoms. The van der Waals surface area contributed by atoms with Gasteiger partial charge < -0.3 is 20.1 Å². The van der Waals surface area contributed by atoms with Gasteiger partial charge in [-0.25, -0.2) is 4.79 Å². The lowest BCUT2D eigenvalue weighted by Crippen LogP contribution is -2.41. The predicted molar refractivity (Wildman–Crippen MR) is 86.6 cm³/mol. The number of amides is 3. The molecule has 1 aliphatic heterocycles. The maximum absolute atomic E-state index is 12.4. The van der Waals surface area contributed by atoms with Crippen LogP contribution in [0.3, 0.4) is 0 Å². The third-order valence-corrected chi connectivity index (χ3v) is 3.48. The molecule has 0 aromatic heterocycles. The number of nitrogens with zero attached hydrogens (tertiary/aromatic N) is 2. The second-order valence-electron chi connectivity index (χ2n) is 5.44. The van der Waals surface area contributed by atoms with E-state index in [2.05, 4.69) is 5.32 Å². The molecular weight excluding hydrogens is 298 g/mol. The van der Waals surface area contributed by atoms with Gasteiger partial charge in [0.2, 0.25) is 5.91 Å². The van der Waals surface area contributed by atoms with E-state index in [-0.39, 0.29) is 25.0 Å². The molecule has 0 spiro atoms. The van der Waals surface area contributed by atoms with Crippen LogP contribution in [0.5, 0.6) is 5.75 Å². The number of aliphatic hydroxyl groups excluding tert-OH is 1. The number of aliphatic hydroxyl groups is 1. The molecular formula is C16H23N3O4. The van der Waals surface area contributed by atoms with Gasteiger partial charge in [-0.05, 0) is 38.1 Å². The fourth-order valence-corrected chi connectivity index (χ4v) is 2.35. The summed E-state index contributed by atoms with van der Waals surface area (Å²) in [4.78, 5) is 27.3. The minimum absolute atomic E-state index is 0.000910. The van der Waals surface area contributed by atoms with Crippen molar-refractivity contribution in [1.82, 2.24) is 10.2 Å². The first-order valence-electron chi connectivity index (χ1n) is 7.75. The number of urea groups is 1. The first-order valence-corrected chi connectivity index (χ1v) is 7.75. The highest BCUT2D eigenvalue weighted by Crippen LogP contribution is 2.23. The zero-order chi connectivity index (χ0) is 16.8. The maximum atomic E-state index is 12.4. The monoisotopic (exact) mass is 321 g/mol. The highest BCUT2D eigenvalue weighted by Gasteiger charge is 2.30. The summed E-state index contributed by atoms with van der Waals surface area (Å²) in [5.41, 5.74) is 0.783. The summed E-state index contributed by atoms with van der Waals surface area (Å²) < 4.78 is 5.38. The van der Waals surface area contributed by atoms with Gasteiger partial charge in [-0.1, -0.05) is 0 Å². The van der Waals surface area contributed by atoms with Gasteiger partial charge in [0.15, 0.2) is 0 Å². The zero-order valence-electron chi connectivity index (χ0n) is 13.5.